The molecule has 2 aliphatic rings. The number of benzene rings is 2. The van der Waals surface area contributed by atoms with E-state index in [1.807, 2.05) is 25.1 Å². The van der Waals surface area contributed by atoms with Crippen LogP contribution < -0.4 is 15.1 Å². The minimum Gasteiger partial charge on any atom is -0.340 e. The van der Waals surface area contributed by atoms with Crippen molar-refractivity contribution in [3.05, 3.63) is 60.7 Å². The second kappa shape index (κ2) is 8.65. The highest BCUT2D eigenvalue weighted by atomic mass is 19.1. The Morgan fingerprint density at radius 2 is 1.94 bits per heavy atom. The summed E-state index contributed by atoms with van der Waals surface area (Å²) in [6, 6.07) is 11.7. The number of fused-ring (bicyclic) bond motifs is 2. The second-order valence-corrected chi connectivity index (χ2v) is 9.23. The van der Waals surface area contributed by atoms with Gasteiger partial charge in [0.05, 0.1) is 23.6 Å². The minimum absolute atomic E-state index is 0.108. The van der Waals surface area contributed by atoms with Gasteiger partial charge in [0.2, 0.25) is 5.95 Å². The number of nitrogens with zero attached hydrogens (tertiary/aromatic N) is 5. The highest BCUT2D eigenvalue weighted by molar-refractivity contribution is 6.09. The summed E-state index contributed by atoms with van der Waals surface area (Å²) in [6.45, 7) is 1.91. The van der Waals surface area contributed by atoms with E-state index in [-0.39, 0.29) is 11.9 Å². The molecule has 3 heterocycles. The van der Waals surface area contributed by atoms with Crippen molar-refractivity contribution >= 4 is 45.6 Å². The number of hydrogen-bond acceptors (Lipinski definition) is 6. The van der Waals surface area contributed by atoms with Gasteiger partial charge in [-0.05, 0) is 56.2 Å². The average Bonchev–Trinajstić information content (AvgIpc) is 3.34. The van der Waals surface area contributed by atoms with E-state index in [0.29, 0.717) is 23.1 Å². The van der Waals surface area contributed by atoms with Crippen molar-refractivity contribution < 1.29 is 9.18 Å². The number of nitrogens with one attached hydrogen (secondary N) is 2. The van der Waals surface area contributed by atoms with Crippen molar-refractivity contribution in [2.24, 2.45) is 0 Å². The van der Waals surface area contributed by atoms with Crippen LogP contribution in [-0.2, 0) is 4.79 Å². The van der Waals surface area contributed by atoms with Gasteiger partial charge in [-0.25, -0.2) is 9.37 Å². The topological polar surface area (TPSA) is 90.0 Å². The molecule has 1 aliphatic carbocycles. The normalized spacial score (nSPS) is 18.7. The zero-order chi connectivity index (χ0) is 23.9. The van der Waals surface area contributed by atoms with Crippen molar-refractivity contribution in [2.45, 2.75) is 51.1 Å². The molecule has 0 radical (unpaired) electrons. The third-order valence-electron chi connectivity index (χ3n) is 6.96. The van der Waals surface area contributed by atoms with Crippen LogP contribution in [0.2, 0.25) is 0 Å². The lowest BCUT2D eigenvalue weighted by atomic mass is 9.92. The van der Waals surface area contributed by atoms with Gasteiger partial charge in [-0.1, -0.05) is 25.3 Å². The van der Waals surface area contributed by atoms with Crippen molar-refractivity contribution in [1.29, 1.82) is 0 Å². The quantitative estimate of drug-likeness (QED) is 0.412. The lowest BCUT2D eigenvalue weighted by molar-refractivity contribution is -0.119. The van der Waals surface area contributed by atoms with E-state index >= 15 is 0 Å². The molecule has 0 saturated heterocycles. The number of rotatable bonds is 4. The molecule has 35 heavy (non-hydrogen) atoms. The summed E-state index contributed by atoms with van der Waals surface area (Å²) in [6.07, 6.45) is 8.93. The first-order valence-electron chi connectivity index (χ1n) is 12.0. The Balaban J connectivity index is 1.43. The SMILES string of the molecule is C[C@@H]1C(=O)N(c2cccc(F)c2)c2cnc(Nc3ccc4[nH]ncc4c3)nc2N1C1CCCCC1. The fourth-order valence-electron chi connectivity index (χ4n) is 5.26. The van der Waals surface area contributed by atoms with Crippen LogP contribution in [-0.4, -0.2) is 38.2 Å². The number of aromatic amines is 1. The van der Waals surface area contributed by atoms with E-state index in [0.717, 1.165) is 42.3 Å². The Morgan fingerprint density at radius 3 is 2.77 bits per heavy atom. The maximum atomic E-state index is 14.1. The van der Waals surface area contributed by atoms with E-state index in [1.54, 1.807) is 29.4 Å². The Bertz CT molecular complexity index is 1400. The van der Waals surface area contributed by atoms with E-state index in [4.69, 9.17) is 4.98 Å². The molecule has 8 nitrogen and oxygen atoms in total. The zero-order valence-electron chi connectivity index (χ0n) is 19.4. The molecular formula is C26H26FN7O. The summed E-state index contributed by atoms with van der Waals surface area (Å²) in [5.41, 5.74) is 2.83. The fourth-order valence-corrected chi connectivity index (χ4v) is 5.26. The molecule has 0 spiro atoms. The Hall–Kier alpha value is -4.01. The number of anilines is 5. The molecule has 0 bridgehead atoms. The largest absolute Gasteiger partial charge is 0.340 e. The van der Waals surface area contributed by atoms with Crippen LogP contribution in [0, 0.1) is 5.82 Å². The summed E-state index contributed by atoms with van der Waals surface area (Å²) < 4.78 is 14.1. The van der Waals surface area contributed by atoms with Gasteiger partial charge in [-0.15, -0.1) is 0 Å². The molecule has 9 heteroatoms. The summed E-state index contributed by atoms with van der Waals surface area (Å²) in [4.78, 5) is 26.7. The second-order valence-electron chi connectivity index (χ2n) is 9.23. The van der Waals surface area contributed by atoms with Gasteiger partial charge in [-0.2, -0.15) is 10.1 Å². The third-order valence-corrected chi connectivity index (χ3v) is 6.96. The molecule has 1 saturated carbocycles. The number of halogens is 1. The van der Waals surface area contributed by atoms with Crippen LogP contribution in [0.1, 0.15) is 39.0 Å². The number of aromatic nitrogens is 4. The molecule has 0 unspecified atom stereocenters. The molecule has 1 fully saturated rings. The lowest BCUT2D eigenvalue weighted by Crippen LogP contribution is -2.55. The van der Waals surface area contributed by atoms with Crippen molar-refractivity contribution in [1.82, 2.24) is 20.2 Å². The highest BCUT2D eigenvalue weighted by Crippen LogP contribution is 2.42. The summed E-state index contributed by atoms with van der Waals surface area (Å²) in [7, 11) is 0. The number of hydrogen-bond donors (Lipinski definition) is 2. The predicted molar refractivity (Wildman–Crippen MR) is 134 cm³/mol. The maximum absolute atomic E-state index is 14.1. The number of carbonyl (C=O) groups excluding carboxylic acids is 1. The molecule has 1 amide bonds. The van der Waals surface area contributed by atoms with Crippen LogP contribution >= 0.6 is 0 Å². The first-order chi connectivity index (χ1) is 17.1. The monoisotopic (exact) mass is 471 g/mol. The molecule has 2 aromatic heterocycles. The lowest BCUT2D eigenvalue weighted by Gasteiger charge is -2.45. The van der Waals surface area contributed by atoms with Crippen LogP contribution in [0.4, 0.5) is 33.2 Å². The average molecular weight is 472 g/mol. The first kappa shape index (κ1) is 21.5. The molecule has 1 aliphatic heterocycles. The van der Waals surface area contributed by atoms with Crippen LogP contribution in [0.25, 0.3) is 10.9 Å². The van der Waals surface area contributed by atoms with Crippen LogP contribution in [0.15, 0.2) is 54.9 Å². The van der Waals surface area contributed by atoms with E-state index in [1.165, 1.54) is 18.6 Å². The van der Waals surface area contributed by atoms with Crippen LogP contribution in [0.3, 0.4) is 0 Å². The van der Waals surface area contributed by atoms with E-state index in [2.05, 4.69) is 25.4 Å². The standard InChI is InChI=1S/C26H26FN7O/c1-16-25(35)34(21-9-5-6-18(27)13-21)23-15-28-26(30-19-10-11-22-17(12-19)14-29-32-22)31-24(23)33(16)20-7-3-2-4-8-20/h5-6,9-16,20H,2-4,7-8H2,1H3,(H,29,32)(H,28,30,31)/t16-/m1/s1. The van der Waals surface area contributed by atoms with Crippen molar-refractivity contribution in [3.8, 4) is 0 Å². The Morgan fingerprint density at radius 1 is 1.09 bits per heavy atom. The highest BCUT2D eigenvalue weighted by Gasteiger charge is 2.41. The van der Waals surface area contributed by atoms with Crippen LogP contribution in [0.5, 0.6) is 0 Å². The number of amides is 1. The third kappa shape index (κ3) is 3.86. The number of carbonyl (C=O) groups is 1. The van der Waals surface area contributed by atoms with E-state index in [9.17, 15) is 9.18 Å². The van der Waals surface area contributed by atoms with Gasteiger partial charge in [0.1, 0.15) is 17.5 Å². The molecule has 1 atom stereocenters. The summed E-state index contributed by atoms with van der Waals surface area (Å²) >= 11 is 0. The molecule has 4 aromatic rings. The summed E-state index contributed by atoms with van der Waals surface area (Å²) in [5, 5.41) is 11.3. The maximum Gasteiger partial charge on any atom is 0.254 e. The molecule has 178 valence electrons. The first-order valence-corrected chi connectivity index (χ1v) is 12.0. The van der Waals surface area contributed by atoms with Gasteiger partial charge in [0, 0.05) is 17.1 Å². The minimum atomic E-state index is -0.432. The van der Waals surface area contributed by atoms with Crippen molar-refractivity contribution in [3.63, 3.8) is 0 Å². The van der Waals surface area contributed by atoms with Gasteiger partial charge < -0.3 is 10.2 Å². The molecule has 2 N–H and O–H groups in total. The molecule has 6 rings (SSSR count). The van der Waals surface area contributed by atoms with Crippen molar-refractivity contribution in [2.75, 3.05) is 15.1 Å². The Labute approximate surface area is 202 Å². The van der Waals surface area contributed by atoms with Gasteiger partial charge >= 0.3 is 0 Å². The number of H-pyrrole nitrogens is 1. The fraction of sp³-hybridized carbons (Fsp3) is 0.308. The molecule has 2 aromatic carbocycles. The smallest absolute Gasteiger partial charge is 0.254 e. The van der Waals surface area contributed by atoms with Gasteiger partial charge in [0.25, 0.3) is 5.91 Å². The van der Waals surface area contributed by atoms with E-state index < -0.39 is 11.9 Å². The summed E-state index contributed by atoms with van der Waals surface area (Å²) in [5.74, 6) is 0.625. The predicted octanol–water partition coefficient (Wildman–Crippen LogP) is 5.44. The Kier molecular flexibility index (Phi) is 5.32. The van der Waals surface area contributed by atoms with Gasteiger partial charge in [-0.3, -0.25) is 14.8 Å². The molecular weight excluding hydrogens is 445 g/mol. The van der Waals surface area contributed by atoms with Gasteiger partial charge in [0.15, 0.2) is 5.82 Å². The zero-order valence-corrected chi connectivity index (χ0v) is 19.4.